The Morgan fingerprint density at radius 3 is 2.90 bits per heavy atom. The molecule has 3 aromatic heterocycles. The predicted octanol–water partition coefficient (Wildman–Crippen LogP) is 2.37. The summed E-state index contributed by atoms with van der Waals surface area (Å²) in [6.45, 7) is 6.99. The molecule has 3 aromatic rings. The summed E-state index contributed by atoms with van der Waals surface area (Å²) in [5.41, 5.74) is -0.378. The summed E-state index contributed by atoms with van der Waals surface area (Å²) in [5.74, 6) is -1.53. The lowest BCUT2D eigenvalue weighted by Gasteiger charge is -2.43. The molecule has 29 heavy (non-hydrogen) atoms. The van der Waals surface area contributed by atoms with Crippen molar-refractivity contribution in [2.24, 2.45) is 5.92 Å². The average molecular weight is 407 g/mol. The molecule has 10 heteroatoms. The van der Waals surface area contributed by atoms with Gasteiger partial charge in [0.25, 0.3) is 0 Å². The Morgan fingerprint density at radius 2 is 2.14 bits per heavy atom. The molecule has 0 amide bonds. The first-order valence-electron chi connectivity index (χ1n) is 9.50. The monoisotopic (exact) mass is 407 g/mol. The summed E-state index contributed by atoms with van der Waals surface area (Å²) in [6.07, 6.45) is 2.85. The molecule has 0 saturated carbocycles. The molecular formula is C19H27F2N7O. The molecule has 3 N–H and O–H groups in total. The molecule has 1 aliphatic heterocycles. The van der Waals surface area contributed by atoms with Crippen LogP contribution in [-0.4, -0.2) is 61.5 Å². The zero-order chi connectivity index (χ0) is 20.8. The predicted molar refractivity (Wildman–Crippen MR) is 109 cm³/mol. The minimum absolute atomic E-state index is 0. The lowest BCUT2D eigenvalue weighted by atomic mass is 9.84. The largest absolute Gasteiger partial charge is 0.388 e. The lowest BCUT2D eigenvalue weighted by molar-refractivity contribution is -0.0232. The molecule has 0 aromatic carbocycles. The number of H-pyrrole nitrogens is 1. The van der Waals surface area contributed by atoms with E-state index in [1.165, 1.54) is 12.5 Å². The molecule has 4 rings (SSSR count). The van der Waals surface area contributed by atoms with Crippen LogP contribution in [0.4, 0.5) is 14.6 Å². The Morgan fingerprint density at radius 1 is 1.34 bits per heavy atom. The summed E-state index contributed by atoms with van der Waals surface area (Å²) in [5, 5.41) is 21.4. The molecule has 8 nitrogen and oxygen atoms in total. The van der Waals surface area contributed by atoms with E-state index in [9.17, 15) is 13.9 Å². The van der Waals surface area contributed by atoms with Crippen LogP contribution in [0.25, 0.3) is 22.4 Å². The molecule has 1 fully saturated rings. The average Bonchev–Trinajstić information content (AvgIpc) is 3.12. The molecule has 0 bridgehead atoms. The van der Waals surface area contributed by atoms with E-state index in [1.807, 2.05) is 13.8 Å². The van der Waals surface area contributed by atoms with Crippen LogP contribution in [0.2, 0.25) is 0 Å². The topological polar surface area (TPSA) is 103 Å². The van der Waals surface area contributed by atoms with Crippen molar-refractivity contribution in [3.63, 3.8) is 0 Å². The number of nitrogens with zero attached hydrogens (tertiary/aromatic N) is 5. The van der Waals surface area contributed by atoms with Crippen LogP contribution in [-0.2, 0) is 0 Å². The second-order valence-corrected chi connectivity index (χ2v) is 7.82. The number of aliphatic hydroxyl groups is 1. The van der Waals surface area contributed by atoms with Gasteiger partial charge in [0, 0.05) is 34.8 Å². The number of halogens is 2. The number of nitrogens with one attached hydrogen (secondary N) is 2. The van der Waals surface area contributed by atoms with Gasteiger partial charge in [-0.2, -0.15) is 5.10 Å². The van der Waals surface area contributed by atoms with Gasteiger partial charge in [0.05, 0.1) is 22.7 Å². The van der Waals surface area contributed by atoms with E-state index in [1.54, 1.807) is 11.8 Å². The van der Waals surface area contributed by atoms with Crippen LogP contribution < -0.4 is 10.2 Å². The Hall–Kier alpha value is -2.72. The Kier molecular flexibility index (Phi) is 4.91. The van der Waals surface area contributed by atoms with E-state index < -0.39 is 17.2 Å². The number of anilines is 1. The van der Waals surface area contributed by atoms with Gasteiger partial charge in [0.1, 0.15) is 12.0 Å². The van der Waals surface area contributed by atoms with Crippen molar-refractivity contribution in [1.29, 1.82) is 0 Å². The van der Waals surface area contributed by atoms with Gasteiger partial charge in [-0.25, -0.2) is 23.7 Å². The highest BCUT2D eigenvalue weighted by atomic mass is 19.1. The van der Waals surface area contributed by atoms with Crippen molar-refractivity contribution in [2.45, 2.75) is 32.4 Å². The van der Waals surface area contributed by atoms with Crippen molar-refractivity contribution >= 4 is 16.9 Å². The van der Waals surface area contributed by atoms with Gasteiger partial charge in [-0.1, -0.05) is 13.8 Å². The SMILES string of the molecule is CC(C)[C@@](C)(O)[C@@H]1CN(c2nc(-c3[nH]nc4ncncc34)c(F)cc2F)CCN1.[HH].[HH]. The zero-order valence-corrected chi connectivity index (χ0v) is 16.4. The molecule has 4 heterocycles. The molecule has 1 aliphatic rings. The maximum absolute atomic E-state index is 14.7. The first-order chi connectivity index (χ1) is 13.8. The number of hydrogen-bond acceptors (Lipinski definition) is 7. The number of aromatic amines is 1. The molecule has 158 valence electrons. The quantitative estimate of drug-likeness (QED) is 0.610. The van der Waals surface area contributed by atoms with Gasteiger partial charge < -0.3 is 15.3 Å². The van der Waals surface area contributed by atoms with Crippen LogP contribution in [0, 0.1) is 17.6 Å². The fourth-order valence-corrected chi connectivity index (χ4v) is 3.53. The molecule has 2 atom stereocenters. The maximum Gasteiger partial charge on any atom is 0.184 e. The fourth-order valence-electron chi connectivity index (χ4n) is 3.53. The van der Waals surface area contributed by atoms with Crippen molar-refractivity contribution in [2.75, 3.05) is 24.5 Å². The lowest BCUT2D eigenvalue weighted by Crippen LogP contribution is -2.62. The number of piperazine rings is 1. The van der Waals surface area contributed by atoms with Crippen LogP contribution in [0.5, 0.6) is 0 Å². The maximum atomic E-state index is 14.7. The molecule has 0 unspecified atom stereocenters. The minimum atomic E-state index is -0.991. The van der Waals surface area contributed by atoms with Crippen molar-refractivity contribution in [3.05, 3.63) is 30.2 Å². The molecule has 1 saturated heterocycles. The molecule has 0 spiro atoms. The Balaban J connectivity index is 0.00000171. The first kappa shape index (κ1) is 19.6. The standard InChI is InChI=1S/C19H23F2N7O.2H2/c1-10(2)19(3,29)14-8-28(5-4-23-14)18-13(21)6-12(20)16(25-18)15-11-7-22-9-24-17(11)27-26-15;;/h6-7,9-10,14,23,29H,4-5,8H2,1-3H3,(H,22,24,26,27);2*1H/t14-,19+;;/m0../s1. The van der Waals surface area contributed by atoms with Crippen LogP contribution >= 0.6 is 0 Å². The third-order valence-electron chi connectivity index (χ3n) is 5.73. The highest BCUT2D eigenvalue weighted by Gasteiger charge is 2.38. The number of rotatable bonds is 4. The van der Waals surface area contributed by atoms with Gasteiger partial charge >= 0.3 is 0 Å². The Labute approximate surface area is 169 Å². The van der Waals surface area contributed by atoms with Gasteiger partial charge in [-0.15, -0.1) is 0 Å². The van der Waals surface area contributed by atoms with E-state index in [0.717, 1.165) is 6.07 Å². The summed E-state index contributed by atoms with van der Waals surface area (Å²) >= 11 is 0. The Bertz CT molecular complexity index is 1050. The number of hydrogen-bond donors (Lipinski definition) is 3. The van der Waals surface area contributed by atoms with Crippen molar-refractivity contribution < 1.29 is 16.7 Å². The van der Waals surface area contributed by atoms with Gasteiger partial charge in [-0.3, -0.25) is 5.10 Å². The molecule has 0 radical (unpaired) electrons. The van der Waals surface area contributed by atoms with E-state index >= 15 is 0 Å². The van der Waals surface area contributed by atoms with Gasteiger partial charge in [0.2, 0.25) is 0 Å². The van der Waals surface area contributed by atoms with Crippen molar-refractivity contribution in [1.82, 2.24) is 30.5 Å². The number of aromatic nitrogens is 5. The smallest absolute Gasteiger partial charge is 0.184 e. The highest BCUT2D eigenvalue weighted by molar-refractivity contribution is 5.89. The fraction of sp³-hybridized carbons (Fsp3) is 0.474. The van der Waals surface area contributed by atoms with Gasteiger partial charge in [-0.05, 0) is 12.8 Å². The first-order valence-corrected chi connectivity index (χ1v) is 9.50. The zero-order valence-electron chi connectivity index (χ0n) is 16.4. The number of fused-ring (bicyclic) bond motifs is 1. The summed E-state index contributed by atoms with van der Waals surface area (Å²) < 4.78 is 29.3. The molecular weight excluding hydrogens is 380 g/mol. The number of pyridine rings is 1. The van der Waals surface area contributed by atoms with Crippen LogP contribution in [0.3, 0.4) is 0 Å². The molecule has 0 aliphatic carbocycles. The normalized spacial score (nSPS) is 19.7. The summed E-state index contributed by atoms with van der Waals surface area (Å²) in [7, 11) is 0. The van der Waals surface area contributed by atoms with Crippen LogP contribution in [0.1, 0.15) is 23.6 Å². The summed E-state index contributed by atoms with van der Waals surface area (Å²) in [4.78, 5) is 14.0. The highest BCUT2D eigenvalue weighted by Crippen LogP contribution is 2.31. The third-order valence-corrected chi connectivity index (χ3v) is 5.73. The second-order valence-electron chi connectivity index (χ2n) is 7.82. The second kappa shape index (κ2) is 7.27. The van der Waals surface area contributed by atoms with E-state index in [2.05, 4.69) is 30.5 Å². The van der Waals surface area contributed by atoms with Crippen molar-refractivity contribution in [3.8, 4) is 11.4 Å². The van der Waals surface area contributed by atoms with E-state index in [0.29, 0.717) is 36.4 Å². The van der Waals surface area contributed by atoms with Crippen LogP contribution in [0.15, 0.2) is 18.6 Å². The summed E-state index contributed by atoms with van der Waals surface area (Å²) in [6, 6.07) is 0.540. The minimum Gasteiger partial charge on any atom is -0.388 e. The van der Waals surface area contributed by atoms with E-state index in [4.69, 9.17) is 0 Å². The van der Waals surface area contributed by atoms with E-state index in [-0.39, 0.29) is 26.3 Å². The van der Waals surface area contributed by atoms with Gasteiger partial charge in [0.15, 0.2) is 23.1 Å². The third kappa shape index (κ3) is 3.42.